The molecular weight excluding hydrogens is 246 g/mol. The van der Waals surface area contributed by atoms with Crippen LogP contribution in [0.3, 0.4) is 0 Å². The summed E-state index contributed by atoms with van der Waals surface area (Å²) in [5.74, 6) is 1.30. The van der Waals surface area contributed by atoms with Crippen LogP contribution in [0.1, 0.15) is 46.5 Å². The molecule has 0 spiro atoms. The van der Waals surface area contributed by atoms with Gasteiger partial charge < -0.3 is 5.32 Å². The topological polar surface area (TPSA) is 46.2 Å². The molecule has 0 aromatic carbocycles. The zero-order valence-electron chi connectivity index (χ0n) is 11.9. The van der Waals surface area contributed by atoms with Crippen molar-refractivity contribution in [3.8, 4) is 0 Å². The van der Waals surface area contributed by atoms with E-state index in [4.69, 9.17) is 0 Å². The monoisotopic (exact) mass is 273 g/mol. The van der Waals surface area contributed by atoms with Crippen molar-refractivity contribution in [2.75, 3.05) is 18.1 Å². The van der Waals surface area contributed by atoms with Gasteiger partial charge in [-0.25, -0.2) is 8.42 Å². The predicted octanol–water partition coefficient (Wildman–Crippen LogP) is 2.54. The smallest absolute Gasteiger partial charge is 0.150 e. The van der Waals surface area contributed by atoms with Gasteiger partial charge in [-0.05, 0) is 58.9 Å². The van der Waals surface area contributed by atoms with E-state index >= 15 is 0 Å². The molecule has 1 atom stereocenters. The molecule has 1 N–H and O–H groups in total. The van der Waals surface area contributed by atoms with Crippen LogP contribution >= 0.6 is 0 Å². The van der Waals surface area contributed by atoms with Gasteiger partial charge in [-0.2, -0.15) is 0 Å². The molecule has 0 unspecified atom stereocenters. The molecule has 0 aromatic heterocycles. The molecule has 1 rings (SSSR count). The Balaban J connectivity index is 2.15. The van der Waals surface area contributed by atoms with E-state index in [0.29, 0.717) is 23.5 Å². The van der Waals surface area contributed by atoms with Crippen LogP contribution < -0.4 is 5.32 Å². The van der Waals surface area contributed by atoms with Gasteiger partial charge >= 0.3 is 0 Å². The Hall–Kier alpha value is -0.350. The SMILES string of the molecule is CC(C)=CCC[C@@H](C)NCC1CCS(=O)(=O)CC1. The van der Waals surface area contributed by atoms with Crippen LogP contribution in [0.4, 0.5) is 0 Å². The maximum atomic E-state index is 11.3. The summed E-state index contributed by atoms with van der Waals surface area (Å²) in [6, 6.07) is 0.513. The third-order valence-electron chi connectivity index (χ3n) is 3.58. The third kappa shape index (κ3) is 6.55. The lowest BCUT2D eigenvalue weighted by molar-refractivity contribution is 0.398. The van der Waals surface area contributed by atoms with Gasteiger partial charge in [0.1, 0.15) is 9.84 Å². The normalized spacial score (nSPS) is 21.5. The molecule has 1 heterocycles. The summed E-state index contributed by atoms with van der Waals surface area (Å²) < 4.78 is 22.6. The van der Waals surface area contributed by atoms with Gasteiger partial charge in [0, 0.05) is 6.04 Å². The second kappa shape index (κ2) is 7.29. The summed E-state index contributed by atoms with van der Waals surface area (Å²) in [5, 5.41) is 3.53. The zero-order chi connectivity index (χ0) is 13.6. The van der Waals surface area contributed by atoms with E-state index in [0.717, 1.165) is 32.2 Å². The van der Waals surface area contributed by atoms with Crippen molar-refractivity contribution in [3.05, 3.63) is 11.6 Å². The summed E-state index contributed by atoms with van der Waals surface area (Å²) in [4.78, 5) is 0. The minimum atomic E-state index is -2.71. The average Bonchev–Trinajstić information content (AvgIpc) is 2.27. The summed E-state index contributed by atoms with van der Waals surface area (Å²) in [5.41, 5.74) is 1.37. The number of sulfone groups is 1. The minimum absolute atomic E-state index is 0.380. The summed E-state index contributed by atoms with van der Waals surface area (Å²) >= 11 is 0. The Morgan fingerprint density at radius 1 is 1.33 bits per heavy atom. The lowest BCUT2D eigenvalue weighted by Gasteiger charge is -2.24. The standard InChI is InChI=1S/C14H27NO2S/c1-12(2)5-4-6-13(3)15-11-14-7-9-18(16,17)10-8-14/h5,13-15H,4,6-11H2,1-3H3/t13-/m1/s1. The highest BCUT2D eigenvalue weighted by Crippen LogP contribution is 2.18. The zero-order valence-corrected chi connectivity index (χ0v) is 12.7. The molecule has 1 aliphatic rings. The first kappa shape index (κ1) is 15.7. The van der Waals surface area contributed by atoms with Gasteiger partial charge in [-0.15, -0.1) is 0 Å². The Kier molecular flexibility index (Phi) is 6.36. The molecule has 1 saturated heterocycles. The summed E-state index contributed by atoms with van der Waals surface area (Å²) in [6.07, 6.45) is 6.20. The van der Waals surface area contributed by atoms with Crippen molar-refractivity contribution in [2.24, 2.45) is 5.92 Å². The lowest BCUT2D eigenvalue weighted by atomic mass is 10.0. The minimum Gasteiger partial charge on any atom is -0.314 e. The Labute approximate surface area is 112 Å². The molecule has 4 heteroatoms. The lowest BCUT2D eigenvalue weighted by Crippen LogP contribution is -2.35. The van der Waals surface area contributed by atoms with Crippen molar-refractivity contribution in [3.63, 3.8) is 0 Å². The molecule has 0 aliphatic carbocycles. The highest BCUT2D eigenvalue weighted by Gasteiger charge is 2.23. The van der Waals surface area contributed by atoms with Crippen molar-refractivity contribution in [2.45, 2.75) is 52.5 Å². The molecule has 0 bridgehead atoms. The van der Waals surface area contributed by atoms with Crippen LogP contribution in [0, 0.1) is 5.92 Å². The molecule has 1 fully saturated rings. The van der Waals surface area contributed by atoms with Crippen LogP contribution in [0.25, 0.3) is 0 Å². The third-order valence-corrected chi connectivity index (χ3v) is 5.30. The first-order valence-electron chi connectivity index (χ1n) is 6.96. The predicted molar refractivity (Wildman–Crippen MR) is 77.5 cm³/mol. The van der Waals surface area contributed by atoms with Gasteiger partial charge in [0.15, 0.2) is 0 Å². The number of hydrogen-bond donors (Lipinski definition) is 1. The van der Waals surface area contributed by atoms with E-state index in [9.17, 15) is 8.42 Å². The second-order valence-electron chi connectivity index (χ2n) is 5.76. The molecule has 0 saturated carbocycles. The van der Waals surface area contributed by atoms with E-state index in [1.54, 1.807) is 0 Å². The molecule has 106 valence electrons. The Morgan fingerprint density at radius 3 is 2.50 bits per heavy atom. The van der Waals surface area contributed by atoms with Gasteiger partial charge in [-0.3, -0.25) is 0 Å². The summed E-state index contributed by atoms with van der Waals surface area (Å²) in [6.45, 7) is 7.42. The van der Waals surface area contributed by atoms with Gasteiger partial charge in [0.2, 0.25) is 0 Å². The molecular formula is C14H27NO2S. The van der Waals surface area contributed by atoms with Crippen LogP contribution in [0.15, 0.2) is 11.6 Å². The van der Waals surface area contributed by atoms with E-state index < -0.39 is 9.84 Å². The largest absolute Gasteiger partial charge is 0.314 e. The fourth-order valence-electron chi connectivity index (χ4n) is 2.23. The average molecular weight is 273 g/mol. The Morgan fingerprint density at radius 2 is 1.94 bits per heavy atom. The first-order chi connectivity index (χ1) is 8.39. The van der Waals surface area contributed by atoms with Gasteiger partial charge in [0.05, 0.1) is 11.5 Å². The molecule has 1 aliphatic heterocycles. The summed E-state index contributed by atoms with van der Waals surface area (Å²) in [7, 11) is -2.71. The van der Waals surface area contributed by atoms with Crippen LogP contribution in [0.5, 0.6) is 0 Å². The van der Waals surface area contributed by atoms with Crippen LogP contribution in [0.2, 0.25) is 0 Å². The van der Waals surface area contributed by atoms with Crippen molar-refractivity contribution < 1.29 is 8.42 Å². The second-order valence-corrected chi connectivity index (χ2v) is 8.07. The number of rotatable bonds is 6. The highest BCUT2D eigenvalue weighted by molar-refractivity contribution is 7.91. The van der Waals surface area contributed by atoms with Crippen molar-refractivity contribution in [1.29, 1.82) is 0 Å². The first-order valence-corrected chi connectivity index (χ1v) is 8.78. The quantitative estimate of drug-likeness (QED) is 0.757. The molecule has 0 radical (unpaired) electrons. The molecule has 3 nitrogen and oxygen atoms in total. The number of nitrogens with one attached hydrogen (secondary N) is 1. The van der Waals surface area contributed by atoms with Gasteiger partial charge in [-0.1, -0.05) is 11.6 Å². The van der Waals surface area contributed by atoms with E-state index in [2.05, 4.69) is 32.2 Å². The number of hydrogen-bond acceptors (Lipinski definition) is 3. The van der Waals surface area contributed by atoms with E-state index in [1.807, 2.05) is 0 Å². The molecule has 0 aromatic rings. The van der Waals surface area contributed by atoms with Crippen LogP contribution in [-0.2, 0) is 9.84 Å². The van der Waals surface area contributed by atoms with E-state index in [-0.39, 0.29) is 0 Å². The maximum Gasteiger partial charge on any atom is 0.150 e. The highest BCUT2D eigenvalue weighted by atomic mass is 32.2. The Bertz CT molecular complexity index is 355. The fourth-order valence-corrected chi connectivity index (χ4v) is 3.82. The molecule has 0 amide bonds. The maximum absolute atomic E-state index is 11.3. The molecule has 18 heavy (non-hydrogen) atoms. The fraction of sp³-hybridized carbons (Fsp3) is 0.857. The van der Waals surface area contributed by atoms with E-state index in [1.165, 1.54) is 5.57 Å². The number of allylic oxidation sites excluding steroid dienone is 2. The van der Waals surface area contributed by atoms with Crippen LogP contribution in [-0.4, -0.2) is 32.5 Å². The van der Waals surface area contributed by atoms with Crippen molar-refractivity contribution in [1.82, 2.24) is 5.32 Å². The van der Waals surface area contributed by atoms with Gasteiger partial charge in [0.25, 0.3) is 0 Å². The van der Waals surface area contributed by atoms with Crippen molar-refractivity contribution >= 4 is 9.84 Å².